The highest BCUT2D eigenvalue weighted by Crippen LogP contribution is 2.24. The highest BCUT2D eigenvalue weighted by atomic mass is 32.2. The van der Waals surface area contributed by atoms with Gasteiger partial charge in [-0.1, -0.05) is 32.9 Å². The predicted octanol–water partition coefficient (Wildman–Crippen LogP) is 3.47. The highest BCUT2D eigenvalue weighted by molar-refractivity contribution is 7.99. The van der Waals surface area contributed by atoms with Crippen LogP contribution in [0.25, 0.3) is 0 Å². The number of thioether (sulfide) groups is 1. The van der Waals surface area contributed by atoms with E-state index in [-0.39, 0.29) is 6.61 Å². The number of benzene rings is 1. The van der Waals surface area contributed by atoms with Crippen molar-refractivity contribution in [2.24, 2.45) is 5.92 Å². The molecule has 0 saturated heterocycles. The summed E-state index contributed by atoms with van der Waals surface area (Å²) in [5.74, 6) is 1.33. The Morgan fingerprint density at radius 1 is 1.22 bits per heavy atom. The molecule has 1 aromatic carbocycles. The van der Waals surface area contributed by atoms with Crippen molar-refractivity contribution in [1.82, 2.24) is 5.32 Å². The molecule has 0 bridgehead atoms. The van der Waals surface area contributed by atoms with Crippen LogP contribution in [0.5, 0.6) is 0 Å². The summed E-state index contributed by atoms with van der Waals surface area (Å²) in [5.41, 5.74) is 1.36. The topological polar surface area (TPSA) is 32.3 Å². The fraction of sp³-hybridized carbons (Fsp3) is 0.600. The van der Waals surface area contributed by atoms with E-state index in [1.807, 2.05) is 11.8 Å². The second-order valence-corrected chi connectivity index (χ2v) is 5.78. The van der Waals surface area contributed by atoms with Crippen molar-refractivity contribution >= 4 is 11.8 Å². The van der Waals surface area contributed by atoms with Gasteiger partial charge in [0.15, 0.2) is 0 Å². The van der Waals surface area contributed by atoms with E-state index in [1.54, 1.807) is 0 Å². The van der Waals surface area contributed by atoms with Gasteiger partial charge < -0.3 is 10.4 Å². The molecule has 102 valence electrons. The van der Waals surface area contributed by atoms with Gasteiger partial charge in [0, 0.05) is 23.3 Å². The Kier molecular flexibility index (Phi) is 7.40. The van der Waals surface area contributed by atoms with Crippen molar-refractivity contribution in [3.63, 3.8) is 0 Å². The van der Waals surface area contributed by atoms with Crippen LogP contribution in [0.4, 0.5) is 0 Å². The van der Waals surface area contributed by atoms with Crippen LogP contribution in [0, 0.1) is 5.92 Å². The van der Waals surface area contributed by atoms with Crippen LogP contribution in [-0.4, -0.2) is 24.0 Å². The van der Waals surface area contributed by atoms with Gasteiger partial charge in [0.1, 0.15) is 0 Å². The zero-order valence-electron chi connectivity index (χ0n) is 11.6. The van der Waals surface area contributed by atoms with Gasteiger partial charge in [0.2, 0.25) is 0 Å². The Bertz CT molecular complexity index is 326. The SMILES string of the molecule is CCNC(CC)c1ccc(SCC(C)CO)cc1. The summed E-state index contributed by atoms with van der Waals surface area (Å²) in [6.07, 6.45) is 1.11. The van der Waals surface area contributed by atoms with Crippen molar-refractivity contribution in [2.45, 2.75) is 38.1 Å². The molecule has 1 aromatic rings. The number of nitrogens with one attached hydrogen (secondary N) is 1. The minimum atomic E-state index is 0.267. The average molecular weight is 267 g/mol. The fourth-order valence-electron chi connectivity index (χ4n) is 1.83. The lowest BCUT2D eigenvalue weighted by Crippen LogP contribution is -2.19. The van der Waals surface area contributed by atoms with Crippen LogP contribution in [-0.2, 0) is 0 Å². The molecular weight excluding hydrogens is 242 g/mol. The van der Waals surface area contributed by atoms with Crippen LogP contribution >= 0.6 is 11.8 Å². The van der Waals surface area contributed by atoms with Gasteiger partial charge >= 0.3 is 0 Å². The summed E-state index contributed by atoms with van der Waals surface area (Å²) in [6.45, 7) is 7.69. The molecule has 0 spiro atoms. The summed E-state index contributed by atoms with van der Waals surface area (Å²) < 4.78 is 0. The highest BCUT2D eigenvalue weighted by Gasteiger charge is 2.07. The fourth-order valence-corrected chi connectivity index (χ4v) is 2.74. The second-order valence-electron chi connectivity index (χ2n) is 4.69. The lowest BCUT2D eigenvalue weighted by atomic mass is 10.1. The number of aliphatic hydroxyl groups excluding tert-OH is 1. The quantitative estimate of drug-likeness (QED) is 0.707. The van der Waals surface area contributed by atoms with E-state index < -0.39 is 0 Å². The van der Waals surface area contributed by atoms with Crippen molar-refractivity contribution < 1.29 is 5.11 Å². The van der Waals surface area contributed by atoms with E-state index in [0.717, 1.165) is 18.7 Å². The molecule has 0 aliphatic heterocycles. The third kappa shape index (κ3) is 5.01. The van der Waals surface area contributed by atoms with E-state index in [1.165, 1.54) is 10.5 Å². The lowest BCUT2D eigenvalue weighted by Gasteiger charge is -2.16. The normalized spacial score (nSPS) is 14.4. The Morgan fingerprint density at radius 3 is 2.39 bits per heavy atom. The molecule has 2 nitrogen and oxygen atoms in total. The standard InChI is InChI=1S/C15H25NOS/c1-4-15(16-5-2)13-6-8-14(9-7-13)18-11-12(3)10-17/h6-9,12,15-17H,4-5,10-11H2,1-3H3. The molecule has 0 heterocycles. The van der Waals surface area contributed by atoms with Crippen LogP contribution in [0.2, 0.25) is 0 Å². The first-order valence-electron chi connectivity index (χ1n) is 6.78. The molecule has 0 aliphatic carbocycles. The summed E-state index contributed by atoms with van der Waals surface area (Å²) in [7, 11) is 0. The third-order valence-corrected chi connectivity index (χ3v) is 4.33. The van der Waals surface area contributed by atoms with Crippen LogP contribution in [0.3, 0.4) is 0 Å². The van der Waals surface area contributed by atoms with Gasteiger partial charge in [-0.25, -0.2) is 0 Å². The summed E-state index contributed by atoms with van der Waals surface area (Å²) in [4.78, 5) is 1.28. The van der Waals surface area contributed by atoms with Crippen molar-refractivity contribution in [3.8, 4) is 0 Å². The minimum absolute atomic E-state index is 0.267. The maximum absolute atomic E-state index is 9.00. The summed E-state index contributed by atoms with van der Waals surface area (Å²) in [5, 5.41) is 12.5. The van der Waals surface area contributed by atoms with E-state index in [9.17, 15) is 0 Å². The van der Waals surface area contributed by atoms with Crippen molar-refractivity contribution in [2.75, 3.05) is 18.9 Å². The molecular formula is C15H25NOS. The monoisotopic (exact) mass is 267 g/mol. The molecule has 2 N–H and O–H groups in total. The maximum Gasteiger partial charge on any atom is 0.0464 e. The Labute approximate surface area is 115 Å². The first kappa shape index (κ1) is 15.5. The number of aliphatic hydroxyl groups is 1. The van der Waals surface area contributed by atoms with Crippen LogP contribution < -0.4 is 5.32 Å². The number of rotatable bonds is 8. The second kappa shape index (κ2) is 8.57. The predicted molar refractivity (Wildman–Crippen MR) is 80.1 cm³/mol. The van der Waals surface area contributed by atoms with Gasteiger partial charge in [0.25, 0.3) is 0 Å². The van der Waals surface area contributed by atoms with Crippen molar-refractivity contribution in [3.05, 3.63) is 29.8 Å². The molecule has 0 aliphatic rings. The van der Waals surface area contributed by atoms with Crippen LogP contribution in [0.15, 0.2) is 29.2 Å². The Balaban J connectivity index is 2.56. The van der Waals surface area contributed by atoms with Crippen molar-refractivity contribution in [1.29, 1.82) is 0 Å². The Morgan fingerprint density at radius 2 is 1.89 bits per heavy atom. The first-order chi connectivity index (χ1) is 8.71. The molecule has 0 saturated carbocycles. The third-order valence-electron chi connectivity index (χ3n) is 2.99. The molecule has 0 amide bonds. The maximum atomic E-state index is 9.00. The lowest BCUT2D eigenvalue weighted by molar-refractivity contribution is 0.250. The van der Waals surface area contributed by atoms with Gasteiger partial charge in [-0.3, -0.25) is 0 Å². The van der Waals surface area contributed by atoms with E-state index in [2.05, 4.69) is 50.4 Å². The largest absolute Gasteiger partial charge is 0.396 e. The average Bonchev–Trinajstić information content (AvgIpc) is 2.42. The molecule has 0 fully saturated rings. The van der Waals surface area contributed by atoms with E-state index >= 15 is 0 Å². The first-order valence-corrected chi connectivity index (χ1v) is 7.76. The van der Waals surface area contributed by atoms with Gasteiger partial charge in [-0.2, -0.15) is 0 Å². The summed E-state index contributed by atoms with van der Waals surface area (Å²) in [6, 6.07) is 9.25. The Hall–Kier alpha value is -0.510. The molecule has 0 radical (unpaired) electrons. The molecule has 3 heteroatoms. The van der Waals surface area contributed by atoms with E-state index in [0.29, 0.717) is 12.0 Å². The number of hydrogen-bond donors (Lipinski definition) is 2. The molecule has 0 aromatic heterocycles. The van der Waals surface area contributed by atoms with E-state index in [4.69, 9.17) is 5.11 Å². The van der Waals surface area contributed by atoms with Gasteiger partial charge in [0.05, 0.1) is 0 Å². The van der Waals surface area contributed by atoms with Gasteiger partial charge in [-0.15, -0.1) is 11.8 Å². The minimum Gasteiger partial charge on any atom is -0.396 e. The zero-order valence-corrected chi connectivity index (χ0v) is 12.5. The molecule has 18 heavy (non-hydrogen) atoms. The zero-order chi connectivity index (χ0) is 13.4. The molecule has 2 atom stereocenters. The summed E-state index contributed by atoms with van der Waals surface area (Å²) >= 11 is 1.81. The number of hydrogen-bond acceptors (Lipinski definition) is 3. The molecule has 1 rings (SSSR count). The van der Waals surface area contributed by atoms with Crippen LogP contribution in [0.1, 0.15) is 38.8 Å². The van der Waals surface area contributed by atoms with Gasteiger partial charge in [-0.05, 0) is 36.6 Å². The smallest absolute Gasteiger partial charge is 0.0464 e. The molecule has 2 unspecified atom stereocenters.